The lowest BCUT2D eigenvalue weighted by Crippen LogP contribution is -2.36. The van der Waals surface area contributed by atoms with Crippen LogP contribution in [0.25, 0.3) is 0 Å². The zero-order valence-electron chi connectivity index (χ0n) is 12.6. The van der Waals surface area contributed by atoms with Gasteiger partial charge in [-0.25, -0.2) is 0 Å². The first-order valence-electron chi connectivity index (χ1n) is 7.34. The Morgan fingerprint density at radius 1 is 1.10 bits per heavy atom. The van der Waals surface area contributed by atoms with Crippen LogP contribution in [0.3, 0.4) is 0 Å². The summed E-state index contributed by atoms with van der Waals surface area (Å²) in [6, 6.07) is 6.06. The zero-order valence-corrected chi connectivity index (χ0v) is 12.6. The largest absolute Gasteiger partial charge is 0.497 e. The molecular weight excluding hydrogens is 254 g/mol. The number of aryl methyl sites for hydroxylation is 1. The van der Waals surface area contributed by atoms with E-state index >= 15 is 0 Å². The van der Waals surface area contributed by atoms with Gasteiger partial charge in [0.2, 0.25) is 0 Å². The van der Waals surface area contributed by atoms with E-state index in [-0.39, 0.29) is 0 Å². The van der Waals surface area contributed by atoms with Crippen molar-refractivity contribution >= 4 is 0 Å². The van der Waals surface area contributed by atoms with Crippen LogP contribution in [0.15, 0.2) is 18.2 Å². The van der Waals surface area contributed by atoms with Gasteiger partial charge in [0.25, 0.3) is 0 Å². The normalized spacial score (nSPS) is 16.1. The van der Waals surface area contributed by atoms with Crippen molar-refractivity contribution < 1.29 is 14.2 Å². The van der Waals surface area contributed by atoms with Crippen molar-refractivity contribution in [2.75, 3.05) is 47.1 Å². The standard InChI is InChI=1S/C16H25NO3/c1-18-15-7-6-14(16(13-15)19-2)5-3-4-8-17-9-11-20-12-10-17/h6-7,13H,3-5,8-12H2,1-2H3. The van der Waals surface area contributed by atoms with Gasteiger partial charge in [-0.15, -0.1) is 0 Å². The Hall–Kier alpha value is -1.26. The molecule has 1 aromatic rings. The molecule has 1 aliphatic rings. The second kappa shape index (κ2) is 8.12. The quantitative estimate of drug-likeness (QED) is 0.717. The molecule has 1 aromatic carbocycles. The number of methoxy groups -OCH3 is 2. The molecule has 0 bridgehead atoms. The van der Waals surface area contributed by atoms with Gasteiger partial charge in [-0.1, -0.05) is 6.07 Å². The Bertz CT molecular complexity index is 403. The number of ether oxygens (including phenoxy) is 3. The van der Waals surface area contributed by atoms with E-state index in [2.05, 4.69) is 11.0 Å². The maximum Gasteiger partial charge on any atom is 0.125 e. The van der Waals surface area contributed by atoms with Crippen LogP contribution in [-0.4, -0.2) is 52.0 Å². The van der Waals surface area contributed by atoms with Crippen molar-refractivity contribution in [3.8, 4) is 11.5 Å². The van der Waals surface area contributed by atoms with Crippen LogP contribution >= 0.6 is 0 Å². The van der Waals surface area contributed by atoms with Gasteiger partial charge in [-0.3, -0.25) is 4.90 Å². The SMILES string of the molecule is COc1ccc(CCCCN2CCOCC2)c(OC)c1. The van der Waals surface area contributed by atoms with Gasteiger partial charge < -0.3 is 14.2 Å². The van der Waals surface area contributed by atoms with Crippen molar-refractivity contribution in [2.45, 2.75) is 19.3 Å². The summed E-state index contributed by atoms with van der Waals surface area (Å²) in [5.74, 6) is 1.77. The number of unbranched alkanes of at least 4 members (excludes halogenated alkanes) is 1. The average Bonchev–Trinajstić information content (AvgIpc) is 2.52. The van der Waals surface area contributed by atoms with E-state index < -0.39 is 0 Å². The summed E-state index contributed by atoms with van der Waals surface area (Å²) in [7, 11) is 3.39. The summed E-state index contributed by atoms with van der Waals surface area (Å²) >= 11 is 0. The maximum absolute atomic E-state index is 5.43. The Labute approximate surface area is 121 Å². The average molecular weight is 279 g/mol. The predicted octanol–water partition coefficient (Wildman–Crippen LogP) is 2.36. The first kappa shape index (κ1) is 15.1. The molecule has 0 saturated carbocycles. The molecule has 0 amide bonds. The molecule has 0 N–H and O–H groups in total. The minimum Gasteiger partial charge on any atom is -0.497 e. The molecule has 1 heterocycles. The fourth-order valence-corrected chi connectivity index (χ4v) is 2.53. The van der Waals surface area contributed by atoms with Crippen molar-refractivity contribution in [2.24, 2.45) is 0 Å². The van der Waals surface area contributed by atoms with Crippen molar-refractivity contribution in [3.05, 3.63) is 23.8 Å². The third kappa shape index (κ3) is 4.39. The third-order valence-electron chi connectivity index (χ3n) is 3.77. The predicted molar refractivity (Wildman–Crippen MR) is 79.7 cm³/mol. The highest BCUT2D eigenvalue weighted by Gasteiger charge is 2.10. The Morgan fingerprint density at radius 2 is 1.90 bits per heavy atom. The van der Waals surface area contributed by atoms with E-state index in [9.17, 15) is 0 Å². The first-order chi connectivity index (χ1) is 9.83. The molecule has 1 aliphatic heterocycles. The van der Waals surface area contributed by atoms with E-state index in [1.165, 1.54) is 24.9 Å². The van der Waals surface area contributed by atoms with E-state index in [1.807, 2.05) is 12.1 Å². The van der Waals surface area contributed by atoms with Gasteiger partial charge in [0.15, 0.2) is 0 Å². The van der Waals surface area contributed by atoms with Crippen molar-refractivity contribution in [3.63, 3.8) is 0 Å². The molecule has 20 heavy (non-hydrogen) atoms. The number of hydrogen-bond acceptors (Lipinski definition) is 4. The lowest BCUT2D eigenvalue weighted by molar-refractivity contribution is 0.0372. The zero-order chi connectivity index (χ0) is 14.2. The van der Waals surface area contributed by atoms with E-state index in [0.29, 0.717) is 0 Å². The molecule has 2 rings (SSSR count). The molecule has 0 radical (unpaired) electrons. The molecular formula is C16H25NO3. The molecule has 0 atom stereocenters. The number of nitrogens with zero attached hydrogens (tertiary/aromatic N) is 1. The van der Waals surface area contributed by atoms with Gasteiger partial charge in [0.05, 0.1) is 27.4 Å². The molecule has 0 aliphatic carbocycles. The number of benzene rings is 1. The van der Waals surface area contributed by atoms with Crippen LogP contribution in [0.4, 0.5) is 0 Å². The van der Waals surface area contributed by atoms with E-state index in [0.717, 1.165) is 44.2 Å². The van der Waals surface area contributed by atoms with Crippen LogP contribution in [-0.2, 0) is 11.2 Å². The molecule has 0 spiro atoms. The molecule has 4 heteroatoms. The van der Waals surface area contributed by atoms with Crippen molar-refractivity contribution in [1.82, 2.24) is 4.90 Å². The Kier molecular flexibility index (Phi) is 6.15. The maximum atomic E-state index is 5.43. The van der Waals surface area contributed by atoms with Crippen LogP contribution in [0.1, 0.15) is 18.4 Å². The monoisotopic (exact) mass is 279 g/mol. The minimum atomic E-state index is 0.846. The van der Waals surface area contributed by atoms with Crippen LogP contribution in [0.5, 0.6) is 11.5 Å². The lowest BCUT2D eigenvalue weighted by atomic mass is 10.1. The molecule has 1 saturated heterocycles. The second-order valence-corrected chi connectivity index (χ2v) is 5.09. The van der Waals surface area contributed by atoms with E-state index in [4.69, 9.17) is 14.2 Å². The summed E-state index contributed by atoms with van der Waals surface area (Å²) in [6.45, 7) is 5.08. The fraction of sp³-hybridized carbons (Fsp3) is 0.625. The van der Waals surface area contributed by atoms with Gasteiger partial charge >= 0.3 is 0 Å². The molecule has 0 unspecified atom stereocenters. The van der Waals surface area contributed by atoms with Crippen molar-refractivity contribution in [1.29, 1.82) is 0 Å². The Balaban J connectivity index is 1.75. The minimum absolute atomic E-state index is 0.846. The highest BCUT2D eigenvalue weighted by Crippen LogP contribution is 2.25. The van der Waals surface area contributed by atoms with E-state index in [1.54, 1.807) is 14.2 Å². The van der Waals surface area contributed by atoms with Crippen LogP contribution in [0, 0.1) is 0 Å². The Morgan fingerprint density at radius 3 is 2.60 bits per heavy atom. The lowest BCUT2D eigenvalue weighted by Gasteiger charge is -2.26. The fourth-order valence-electron chi connectivity index (χ4n) is 2.53. The van der Waals surface area contributed by atoms with Crippen LogP contribution in [0.2, 0.25) is 0 Å². The highest BCUT2D eigenvalue weighted by molar-refractivity contribution is 5.40. The summed E-state index contributed by atoms with van der Waals surface area (Å²) in [5.41, 5.74) is 1.26. The smallest absolute Gasteiger partial charge is 0.125 e. The van der Waals surface area contributed by atoms with Gasteiger partial charge in [-0.05, 0) is 37.4 Å². The molecule has 0 aromatic heterocycles. The summed E-state index contributed by atoms with van der Waals surface area (Å²) in [5, 5.41) is 0. The number of morpholine rings is 1. The third-order valence-corrected chi connectivity index (χ3v) is 3.77. The van der Waals surface area contributed by atoms with Crippen LogP contribution < -0.4 is 9.47 Å². The molecule has 112 valence electrons. The highest BCUT2D eigenvalue weighted by atomic mass is 16.5. The molecule has 4 nitrogen and oxygen atoms in total. The van der Waals surface area contributed by atoms with Gasteiger partial charge in [0.1, 0.15) is 11.5 Å². The molecule has 1 fully saturated rings. The first-order valence-corrected chi connectivity index (χ1v) is 7.34. The topological polar surface area (TPSA) is 30.9 Å². The number of rotatable bonds is 7. The van der Waals surface area contributed by atoms with Gasteiger partial charge in [-0.2, -0.15) is 0 Å². The second-order valence-electron chi connectivity index (χ2n) is 5.09. The number of hydrogen-bond donors (Lipinski definition) is 0. The van der Waals surface area contributed by atoms with Gasteiger partial charge in [0, 0.05) is 19.2 Å². The summed E-state index contributed by atoms with van der Waals surface area (Å²) in [4.78, 5) is 2.48. The summed E-state index contributed by atoms with van der Waals surface area (Å²) in [6.07, 6.45) is 3.45. The summed E-state index contributed by atoms with van der Waals surface area (Å²) < 4.78 is 16.0.